The van der Waals surface area contributed by atoms with E-state index < -0.39 is 18.1 Å². The van der Waals surface area contributed by atoms with Crippen molar-refractivity contribution in [2.24, 2.45) is 0 Å². The van der Waals surface area contributed by atoms with E-state index >= 15 is 0 Å². The summed E-state index contributed by atoms with van der Waals surface area (Å²) in [5, 5.41) is 2.81. The quantitative estimate of drug-likeness (QED) is 0.0846. The maximum atomic E-state index is 13.0. The molecule has 0 aliphatic rings. The van der Waals surface area contributed by atoms with Gasteiger partial charge >= 0.3 is 0 Å². The molecule has 0 bridgehead atoms. The second-order valence-electron chi connectivity index (χ2n) is 13.1. The predicted octanol–water partition coefficient (Wildman–Crippen LogP) is 11.1. The summed E-state index contributed by atoms with van der Waals surface area (Å²) < 4.78 is 6.09. The van der Waals surface area contributed by atoms with E-state index in [0.717, 1.165) is 25.7 Å². The third-order valence-corrected chi connectivity index (χ3v) is 8.89. The van der Waals surface area contributed by atoms with Gasteiger partial charge in [0.05, 0.1) is 0 Å². The smallest absolute Gasteiger partial charge is 0.261 e. The summed E-state index contributed by atoms with van der Waals surface area (Å²) in [6.07, 6.45) is 31.1. The molecule has 0 fully saturated rings. The van der Waals surface area contributed by atoms with E-state index in [4.69, 9.17) is 10.5 Å². The third-order valence-electron chi connectivity index (χ3n) is 8.89. The van der Waals surface area contributed by atoms with E-state index in [-0.39, 0.29) is 5.91 Å². The number of amides is 2. The van der Waals surface area contributed by atoms with E-state index in [0.29, 0.717) is 18.6 Å². The van der Waals surface area contributed by atoms with Gasteiger partial charge in [-0.3, -0.25) is 15.3 Å². The molecule has 2 atom stereocenters. The maximum absolute atomic E-state index is 13.0. The zero-order chi connectivity index (χ0) is 32.1. The van der Waals surface area contributed by atoms with Crippen molar-refractivity contribution in [2.75, 3.05) is 0 Å². The molecule has 5 heteroatoms. The Kier molecular flexibility index (Phi) is 25.8. The summed E-state index contributed by atoms with van der Waals surface area (Å²) in [5.74, 6) is -0.321. The fourth-order valence-electron chi connectivity index (χ4n) is 5.98. The topological polar surface area (TPSA) is 79.2 Å². The molecule has 2 unspecified atom stereocenters. The van der Waals surface area contributed by atoms with Crippen LogP contribution in [-0.4, -0.2) is 24.0 Å². The van der Waals surface area contributed by atoms with Crippen molar-refractivity contribution in [3.05, 3.63) is 29.8 Å². The molecule has 0 heterocycles. The zero-order valence-electron chi connectivity index (χ0n) is 29.1. The van der Waals surface area contributed by atoms with Crippen molar-refractivity contribution in [3.63, 3.8) is 0 Å². The first kappa shape index (κ1) is 40.0. The summed E-state index contributed by atoms with van der Waals surface area (Å²) in [5.41, 5.74) is 8.92. The molecule has 0 aliphatic carbocycles. The van der Waals surface area contributed by atoms with E-state index in [1.54, 1.807) is 0 Å². The van der Waals surface area contributed by atoms with Crippen molar-refractivity contribution in [3.8, 4) is 5.75 Å². The lowest BCUT2D eigenvalue weighted by atomic mass is 10.0. The average Bonchev–Trinajstić information content (AvgIpc) is 3.02. The van der Waals surface area contributed by atoms with E-state index in [1.807, 2.05) is 25.1 Å². The number of nitrogens with one attached hydrogen (secondary N) is 2. The SMILES string of the molecule is CCCCCCCCCCCCCCCc1cccc(OC(CC)C(=O)NC(CCCCCCCCCCCC)C([NH])=O)c1. The Bertz CT molecular complexity index is 827. The lowest BCUT2D eigenvalue weighted by Gasteiger charge is -2.21. The Labute approximate surface area is 272 Å². The monoisotopic (exact) mass is 614 g/mol. The minimum Gasteiger partial charge on any atom is -0.481 e. The highest BCUT2D eigenvalue weighted by atomic mass is 16.5. The number of carbonyl (C=O) groups excluding carboxylic acids is 2. The number of unbranched alkanes of at least 4 members (excludes halogenated alkanes) is 21. The van der Waals surface area contributed by atoms with E-state index in [9.17, 15) is 9.59 Å². The predicted molar refractivity (Wildman–Crippen MR) is 187 cm³/mol. The Morgan fingerprint density at radius 2 is 1.11 bits per heavy atom. The van der Waals surface area contributed by atoms with Gasteiger partial charge in [-0.25, -0.2) is 0 Å². The van der Waals surface area contributed by atoms with Gasteiger partial charge in [-0.2, -0.15) is 0 Å². The maximum Gasteiger partial charge on any atom is 0.261 e. The Morgan fingerprint density at radius 1 is 0.659 bits per heavy atom. The molecule has 0 spiro atoms. The fourth-order valence-corrected chi connectivity index (χ4v) is 5.98. The van der Waals surface area contributed by atoms with Gasteiger partial charge < -0.3 is 10.1 Å². The van der Waals surface area contributed by atoms with Crippen LogP contribution in [0, 0.1) is 0 Å². The number of ether oxygens (including phenoxy) is 1. The molecule has 0 saturated heterocycles. The number of benzene rings is 1. The van der Waals surface area contributed by atoms with Gasteiger partial charge in [-0.05, 0) is 43.4 Å². The summed E-state index contributed by atoms with van der Waals surface area (Å²) in [4.78, 5) is 25.0. The normalized spacial score (nSPS) is 12.6. The number of hydrogen-bond donors (Lipinski definition) is 1. The number of aryl methyl sites for hydroxylation is 1. The minimum atomic E-state index is -0.754. The highest BCUT2D eigenvalue weighted by molar-refractivity contribution is 5.88. The molecule has 1 rings (SSSR count). The molecule has 0 aliphatic heterocycles. The van der Waals surface area contributed by atoms with Crippen molar-refractivity contribution in [1.29, 1.82) is 0 Å². The lowest BCUT2D eigenvalue weighted by Crippen LogP contribution is -2.47. The molecule has 0 saturated carbocycles. The molecule has 1 aromatic rings. The van der Waals surface area contributed by atoms with Crippen LogP contribution in [0.1, 0.15) is 187 Å². The van der Waals surface area contributed by atoms with Crippen molar-refractivity contribution in [1.82, 2.24) is 11.1 Å². The summed E-state index contributed by atoms with van der Waals surface area (Å²) >= 11 is 0. The van der Waals surface area contributed by atoms with Crippen LogP contribution < -0.4 is 15.8 Å². The molecule has 253 valence electrons. The van der Waals surface area contributed by atoms with Crippen LogP contribution in [-0.2, 0) is 16.0 Å². The molecule has 5 nitrogen and oxygen atoms in total. The summed E-state index contributed by atoms with van der Waals surface area (Å²) in [7, 11) is 0. The van der Waals surface area contributed by atoms with Gasteiger partial charge in [-0.1, -0.05) is 174 Å². The van der Waals surface area contributed by atoms with E-state index in [1.165, 1.54) is 134 Å². The van der Waals surface area contributed by atoms with Crippen LogP contribution in [0.2, 0.25) is 0 Å². The number of hydrogen-bond acceptors (Lipinski definition) is 3. The first-order valence-electron chi connectivity index (χ1n) is 18.8. The highest BCUT2D eigenvalue weighted by Gasteiger charge is 2.24. The van der Waals surface area contributed by atoms with Gasteiger partial charge in [0.1, 0.15) is 11.8 Å². The second-order valence-corrected chi connectivity index (χ2v) is 13.1. The van der Waals surface area contributed by atoms with Gasteiger partial charge in [0.25, 0.3) is 11.8 Å². The van der Waals surface area contributed by atoms with Crippen molar-refractivity contribution < 1.29 is 14.3 Å². The molecule has 0 aromatic heterocycles. The van der Waals surface area contributed by atoms with Crippen molar-refractivity contribution >= 4 is 11.8 Å². The van der Waals surface area contributed by atoms with Gasteiger partial charge in [-0.15, -0.1) is 0 Å². The van der Waals surface area contributed by atoms with Crippen LogP contribution in [0.4, 0.5) is 0 Å². The van der Waals surface area contributed by atoms with Gasteiger partial charge in [0.15, 0.2) is 6.10 Å². The van der Waals surface area contributed by atoms with Crippen molar-refractivity contribution in [2.45, 2.75) is 200 Å². The van der Waals surface area contributed by atoms with Crippen LogP contribution in [0.15, 0.2) is 24.3 Å². The molecule has 2 N–H and O–H groups in total. The first-order chi connectivity index (χ1) is 21.5. The second kappa shape index (κ2) is 28.4. The molecular weight excluding hydrogens is 544 g/mol. The van der Waals surface area contributed by atoms with Crippen LogP contribution in [0.3, 0.4) is 0 Å². The first-order valence-corrected chi connectivity index (χ1v) is 18.8. The average molecular weight is 614 g/mol. The Balaban J connectivity index is 2.28. The minimum absolute atomic E-state index is 0.299. The van der Waals surface area contributed by atoms with E-state index in [2.05, 4.69) is 25.2 Å². The summed E-state index contributed by atoms with van der Waals surface area (Å²) in [6, 6.07) is 7.33. The third kappa shape index (κ3) is 21.6. The molecule has 44 heavy (non-hydrogen) atoms. The Morgan fingerprint density at radius 3 is 1.57 bits per heavy atom. The Hall–Kier alpha value is -2.04. The van der Waals surface area contributed by atoms with Crippen LogP contribution in [0.25, 0.3) is 0 Å². The van der Waals surface area contributed by atoms with Crippen LogP contribution in [0.5, 0.6) is 5.75 Å². The molecular formula is C39H69N2O3. The summed E-state index contributed by atoms with van der Waals surface area (Å²) in [6.45, 7) is 6.44. The van der Waals surface area contributed by atoms with Crippen LogP contribution >= 0.6 is 0 Å². The van der Waals surface area contributed by atoms with Gasteiger partial charge in [0.2, 0.25) is 0 Å². The fraction of sp³-hybridized carbons (Fsp3) is 0.795. The lowest BCUT2D eigenvalue weighted by molar-refractivity contribution is -0.132. The number of carbonyl (C=O) groups is 2. The molecule has 1 aromatic carbocycles. The van der Waals surface area contributed by atoms with Gasteiger partial charge in [0, 0.05) is 0 Å². The highest BCUT2D eigenvalue weighted by Crippen LogP contribution is 2.19. The standard InChI is InChI=1S/C39H69N2O3/c1-4-7-9-11-13-15-17-18-19-20-22-24-26-29-34-30-28-31-35(33-34)44-37(6-3)39(43)41-36(38(40)42)32-27-25-23-21-16-14-12-10-8-5-2/h28,30-31,33,36-37,40H,4-27,29,32H2,1-3H3,(H,41,43). The molecule has 1 radical (unpaired) electrons. The number of rotatable bonds is 31. The zero-order valence-corrected chi connectivity index (χ0v) is 29.1. The molecule has 2 amide bonds. The largest absolute Gasteiger partial charge is 0.481 e.